The summed E-state index contributed by atoms with van der Waals surface area (Å²) in [4.78, 5) is 0. The molecule has 0 atom stereocenters. The lowest BCUT2D eigenvalue weighted by Crippen LogP contribution is -2.16. The first-order valence-electron chi connectivity index (χ1n) is 1.34. The average Bonchev–Trinajstić information content (AvgIpc) is 0.722. The molecule has 0 saturated carbocycles. The number of nitrogens with two attached hydrogens (primary N) is 1. The summed E-state index contributed by atoms with van der Waals surface area (Å²) in [5, 5.41) is 4.91. The van der Waals surface area contributed by atoms with Crippen molar-refractivity contribution in [1.82, 2.24) is 0 Å². The molecule has 5 heavy (non-hydrogen) atoms. The maximum absolute atomic E-state index is 9.99. The summed E-state index contributed by atoms with van der Waals surface area (Å²) in [5.74, 6) is 0. The molecule has 2 N–H and O–H groups in total. The second-order valence-electron chi connectivity index (χ2n) is 1.43. The molecule has 0 aromatic carbocycles. The van der Waals surface area contributed by atoms with Gasteiger partial charge in [0.15, 0.2) is 0 Å². The second kappa shape index (κ2) is 1.06. The van der Waals surface area contributed by atoms with E-state index in [4.69, 9.17) is 5.14 Å². The van der Waals surface area contributed by atoms with Gasteiger partial charge in [-0.25, -0.2) is 0 Å². The maximum Gasteiger partial charge on any atom is 0.000797 e. The molecular formula is C2H9NOS. The average molecular weight is 95.2 g/mol. The van der Waals surface area contributed by atoms with Crippen LogP contribution in [0.15, 0.2) is 0 Å². The van der Waals surface area contributed by atoms with Crippen molar-refractivity contribution in [3.63, 3.8) is 0 Å². The first-order chi connectivity index (χ1) is 2.00. The molecular weight excluding hydrogens is 86.1 g/mol. The van der Waals surface area contributed by atoms with Crippen molar-refractivity contribution in [2.45, 2.75) is 0 Å². The summed E-state index contributed by atoms with van der Waals surface area (Å²) in [6.07, 6.45) is 3.04. The van der Waals surface area contributed by atoms with E-state index in [2.05, 4.69) is 0 Å². The minimum Gasteiger partial charge on any atom is -0.274 e. The predicted octanol–water partition coefficient (Wildman–Crippen LogP) is -0.864. The van der Waals surface area contributed by atoms with E-state index in [0.717, 1.165) is 0 Å². The van der Waals surface area contributed by atoms with Crippen LogP contribution in [-0.4, -0.2) is 16.7 Å². The van der Waals surface area contributed by atoms with E-state index in [1.165, 1.54) is 12.5 Å². The summed E-state index contributed by atoms with van der Waals surface area (Å²) in [7, 11) is -2.14. The van der Waals surface area contributed by atoms with E-state index in [-0.39, 0.29) is 0 Å². The lowest BCUT2D eigenvalue weighted by Gasteiger charge is -1.97. The van der Waals surface area contributed by atoms with Crippen LogP contribution in [-0.2, 0) is 10.1 Å². The van der Waals surface area contributed by atoms with E-state index < -0.39 is 10.1 Å². The van der Waals surface area contributed by atoms with Gasteiger partial charge in [-0.15, -0.1) is 0 Å². The van der Waals surface area contributed by atoms with Crippen LogP contribution >= 0.6 is 0 Å². The molecule has 0 bridgehead atoms. The van der Waals surface area contributed by atoms with Gasteiger partial charge in [0.25, 0.3) is 0 Å². The lowest BCUT2D eigenvalue weighted by atomic mass is 11.9. The lowest BCUT2D eigenvalue weighted by molar-refractivity contribution is 0.680. The summed E-state index contributed by atoms with van der Waals surface area (Å²) in [6.45, 7) is 0. The number of hydrogen-bond acceptors (Lipinski definition) is 1. The molecule has 0 amide bonds. The molecule has 3 heteroatoms. The van der Waals surface area contributed by atoms with Crippen molar-refractivity contribution >= 4 is 10.1 Å². The van der Waals surface area contributed by atoms with Gasteiger partial charge in [-0.1, -0.05) is 10.1 Å². The molecule has 0 heterocycles. The van der Waals surface area contributed by atoms with Crippen molar-refractivity contribution in [3.05, 3.63) is 0 Å². The first-order valence-corrected chi connectivity index (χ1v) is 4.01. The maximum atomic E-state index is 9.99. The van der Waals surface area contributed by atoms with Crippen LogP contribution in [0.1, 0.15) is 0 Å². The topological polar surface area (TPSA) is 43.1 Å². The van der Waals surface area contributed by atoms with Crippen molar-refractivity contribution in [3.8, 4) is 0 Å². The Bertz CT molecular complexity index is 55.8. The minimum atomic E-state index is -2.14. The van der Waals surface area contributed by atoms with E-state index in [9.17, 15) is 4.21 Å². The third-order valence-electron chi connectivity index (χ3n) is 0. The molecule has 0 aliphatic heterocycles. The zero-order valence-corrected chi connectivity index (χ0v) is 4.33. The second-order valence-corrected chi connectivity index (χ2v) is 4.30. The van der Waals surface area contributed by atoms with E-state index in [1.54, 1.807) is 0 Å². The van der Waals surface area contributed by atoms with E-state index in [1.807, 2.05) is 0 Å². The minimum absolute atomic E-state index is 1.52. The van der Waals surface area contributed by atoms with Crippen molar-refractivity contribution < 1.29 is 4.21 Å². The van der Waals surface area contributed by atoms with Gasteiger partial charge in [-0.2, -0.15) is 0 Å². The van der Waals surface area contributed by atoms with Crippen LogP contribution in [0.4, 0.5) is 0 Å². The van der Waals surface area contributed by atoms with Crippen molar-refractivity contribution in [2.75, 3.05) is 12.5 Å². The molecule has 0 radical (unpaired) electrons. The number of rotatable bonds is 0. The van der Waals surface area contributed by atoms with Gasteiger partial charge < -0.3 is 0 Å². The Hall–Kier alpha value is 0.110. The fraction of sp³-hybridized carbons (Fsp3) is 1.00. The molecule has 0 aliphatic carbocycles. The van der Waals surface area contributed by atoms with Gasteiger partial charge in [-0.3, -0.25) is 9.35 Å². The van der Waals surface area contributed by atoms with Crippen LogP contribution in [0.5, 0.6) is 0 Å². The molecule has 0 aliphatic rings. The first kappa shape index (κ1) is 5.11. The van der Waals surface area contributed by atoms with Gasteiger partial charge in [0.2, 0.25) is 0 Å². The summed E-state index contributed by atoms with van der Waals surface area (Å²) >= 11 is 0. The third kappa shape index (κ3) is 1510. The Balaban J connectivity index is 3.47. The standard InChI is InChI=1S/C2H9NOS/c1-5(2,3)4/h5H,1-2H3,(H2,3,4). The summed E-state index contributed by atoms with van der Waals surface area (Å²) in [5.41, 5.74) is 0. The monoisotopic (exact) mass is 95.0 g/mol. The Morgan fingerprint density at radius 3 is 1.60 bits per heavy atom. The smallest absolute Gasteiger partial charge is 0.000797 e. The molecule has 0 spiro atoms. The van der Waals surface area contributed by atoms with Gasteiger partial charge in [0.1, 0.15) is 0 Å². The summed E-state index contributed by atoms with van der Waals surface area (Å²) < 4.78 is 9.99. The van der Waals surface area contributed by atoms with Crippen LogP contribution < -0.4 is 5.14 Å². The quantitative estimate of drug-likeness (QED) is 0.378. The highest BCUT2D eigenvalue weighted by atomic mass is 32.3. The largest absolute Gasteiger partial charge is 0.274 e. The molecule has 0 rings (SSSR count). The van der Waals surface area contributed by atoms with Crippen molar-refractivity contribution in [1.29, 1.82) is 0 Å². The van der Waals surface area contributed by atoms with E-state index in [0.29, 0.717) is 0 Å². The number of thiol groups is 1. The third-order valence-corrected chi connectivity index (χ3v) is 0. The van der Waals surface area contributed by atoms with Gasteiger partial charge in [0.05, 0.1) is 0 Å². The molecule has 0 saturated heterocycles. The Labute approximate surface area is 32.9 Å². The van der Waals surface area contributed by atoms with Crippen LogP contribution in [0.2, 0.25) is 0 Å². The Morgan fingerprint density at radius 1 is 1.60 bits per heavy atom. The molecule has 0 unspecified atom stereocenters. The predicted molar refractivity (Wildman–Crippen MR) is 25.6 cm³/mol. The van der Waals surface area contributed by atoms with Gasteiger partial charge in [0, 0.05) is 12.5 Å². The fourth-order valence-electron chi connectivity index (χ4n) is 0. The number of hydrogen-bond donors (Lipinski definition) is 2. The summed E-state index contributed by atoms with van der Waals surface area (Å²) in [6, 6.07) is 0. The molecule has 0 aromatic heterocycles. The molecule has 2 nitrogen and oxygen atoms in total. The van der Waals surface area contributed by atoms with Gasteiger partial charge >= 0.3 is 0 Å². The SMILES string of the molecule is C[SH](C)(N)=O. The molecule has 34 valence electrons. The fourth-order valence-corrected chi connectivity index (χ4v) is 0. The van der Waals surface area contributed by atoms with E-state index >= 15 is 0 Å². The zero-order chi connectivity index (χ0) is 4.50. The van der Waals surface area contributed by atoms with Crippen LogP contribution in [0.25, 0.3) is 0 Å². The molecule has 0 aromatic rings. The van der Waals surface area contributed by atoms with Crippen LogP contribution in [0, 0.1) is 0 Å². The van der Waals surface area contributed by atoms with Crippen molar-refractivity contribution in [2.24, 2.45) is 5.14 Å². The molecule has 0 fully saturated rings. The highest BCUT2D eigenvalue weighted by molar-refractivity contribution is 7.99. The Morgan fingerprint density at radius 2 is 1.60 bits per heavy atom. The normalized spacial score (nSPS) is 15.0. The van der Waals surface area contributed by atoms with Gasteiger partial charge in [-0.05, 0) is 0 Å². The Kier molecular flexibility index (Phi) is 1.09. The van der Waals surface area contributed by atoms with Crippen LogP contribution in [0.3, 0.4) is 0 Å². The highest BCUT2D eigenvalue weighted by Crippen LogP contribution is 1.68. The highest BCUT2D eigenvalue weighted by Gasteiger charge is 1.79. The zero-order valence-electron chi connectivity index (χ0n) is 3.43.